The van der Waals surface area contributed by atoms with Gasteiger partial charge in [0.1, 0.15) is 0 Å². The largest absolute Gasteiger partial charge is 0.344 e. The van der Waals surface area contributed by atoms with Crippen molar-refractivity contribution >= 4 is 11.8 Å². The molecular formula is C9H17N3O2. The Morgan fingerprint density at radius 3 is 2.14 bits per heavy atom. The highest BCUT2D eigenvalue weighted by atomic mass is 16.2. The van der Waals surface area contributed by atoms with Crippen molar-refractivity contribution in [2.75, 3.05) is 32.8 Å². The summed E-state index contributed by atoms with van der Waals surface area (Å²) in [5, 5.41) is 2.74. The van der Waals surface area contributed by atoms with Gasteiger partial charge in [0.05, 0.1) is 6.67 Å². The second-order valence-corrected chi connectivity index (χ2v) is 3.52. The van der Waals surface area contributed by atoms with Crippen molar-refractivity contribution in [1.29, 1.82) is 0 Å². The van der Waals surface area contributed by atoms with E-state index in [9.17, 15) is 9.59 Å². The molecule has 1 fully saturated rings. The molecule has 1 heterocycles. The lowest BCUT2D eigenvalue weighted by Gasteiger charge is -2.33. The summed E-state index contributed by atoms with van der Waals surface area (Å²) in [5.74, 6) is 0.114. The number of nitrogens with zero attached hydrogens (tertiary/aromatic N) is 2. The first-order valence-corrected chi connectivity index (χ1v) is 4.82. The molecule has 80 valence electrons. The maximum absolute atomic E-state index is 11.0. The fourth-order valence-electron chi connectivity index (χ4n) is 1.44. The quantitative estimate of drug-likeness (QED) is 0.636. The van der Waals surface area contributed by atoms with Crippen LogP contribution >= 0.6 is 0 Å². The van der Waals surface area contributed by atoms with Crippen LogP contribution in [0, 0.1) is 0 Å². The van der Waals surface area contributed by atoms with Gasteiger partial charge < -0.3 is 10.2 Å². The molecule has 1 rings (SSSR count). The first kappa shape index (κ1) is 11.0. The Labute approximate surface area is 84.0 Å². The van der Waals surface area contributed by atoms with E-state index in [1.54, 1.807) is 6.92 Å². The lowest BCUT2D eigenvalue weighted by Crippen LogP contribution is -2.50. The summed E-state index contributed by atoms with van der Waals surface area (Å²) < 4.78 is 0. The minimum absolute atomic E-state index is 0.0148. The molecule has 0 bridgehead atoms. The van der Waals surface area contributed by atoms with E-state index in [1.165, 1.54) is 6.92 Å². The number of piperazine rings is 1. The van der Waals surface area contributed by atoms with E-state index in [2.05, 4.69) is 10.2 Å². The summed E-state index contributed by atoms with van der Waals surface area (Å²) in [6.07, 6.45) is 0. The molecule has 0 aromatic rings. The third-order valence-corrected chi connectivity index (χ3v) is 2.37. The van der Waals surface area contributed by atoms with Crippen molar-refractivity contribution < 1.29 is 9.59 Å². The summed E-state index contributed by atoms with van der Waals surface area (Å²) in [5.41, 5.74) is 0. The minimum Gasteiger partial charge on any atom is -0.344 e. The van der Waals surface area contributed by atoms with E-state index in [0.717, 1.165) is 26.2 Å². The predicted molar refractivity (Wildman–Crippen MR) is 52.5 cm³/mol. The maximum Gasteiger partial charge on any atom is 0.219 e. The Kier molecular flexibility index (Phi) is 3.88. The molecule has 5 nitrogen and oxygen atoms in total. The molecule has 1 aliphatic heterocycles. The molecule has 1 saturated heterocycles. The molecule has 0 aromatic heterocycles. The highest BCUT2D eigenvalue weighted by Gasteiger charge is 2.17. The second kappa shape index (κ2) is 4.95. The third kappa shape index (κ3) is 3.33. The summed E-state index contributed by atoms with van der Waals surface area (Å²) >= 11 is 0. The highest BCUT2D eigenvalue weighted by Crippen LogP contribution is 2.00. The number of rotatable bonds is 2. The van der Waals surface area contributed by atoms with Crippen LogP contribution in [0.5, 0.6) is 0 Å². The Morgan fingerprint density at radius 2 is 1.71 bits per heavy atom. The topological polar surface area (TPSA) is 52.7 Å². The third-order valence-electron chi connectivity index (χ3n) is 2.37. The average Bonchev–Trinajstić information content (AvgIpc) is 2.15. The van der Waals surface area contributed by atoms with Gasteiger partial charge in [-0.25, -0.2) is 0 Å². The van der Waals surface area contributed by atoms with Gasteiger partial charge in [0, 0.05) is 40.0 Å². The van der Waals surface area contributed by atoms with Crippen LogP contribution in [0.4, 0.5) is 0 Å². The van der Waals surface area contributed by atoms with Crippen molar-refractivity contribution in [2.45, 2.75) is 13.8 Å². The highest BCUT2D eigenvalue weighted by molar-refractivity contribution is 5.73. The number of hydrogen-bond acceptors (Lipinski definition) is 3. The van der Waals surface area contributed by atoms with E-state index >= 15 is 0 Å². The van der Waals surface area contributed by atoms with Gasteiger partial charge in [-0.1, -0.05) is 0 Å². The Balaban J connectivity index is 2.22. The van der Waals surface area contributed by atoms with Gasteiger partial charge in [-0.05, 0) is 0 Å². The van der Waals surface area contributed by atoms with E-state index in [1.807, 2.05) is 4.90 Å². The molecule has 14 heavy (non-hydrogen) atoms. The summed E-state index contributed by atoms with van der Waals surface area (Å²) in [6, 6.07) is 0. The van der Waals surface area contributed by atoms with Crippen LogP contribution < -0.4 is 5.32 Å². The average molecular weight is 199 g/mol. The van der Waals surface area contributed by atoms with Crippen LogP contribution in [0.3, 0.4) is 0 Å². The number of hydrogen-bond donors (Lipinski definition) is 1. The standard InChI is InChI=1S/C9H17N3O2/c1-8(13)10-7-11-3-5-12(6-4-11)9(2)14/h3-7H2,1-2H3,(H,10,13). The zero-order valence-electron chi connectivity index (χ0n) is 8.75. The maximum atomic E-state index is 11.0. The van der Waals surface area contributed by atoms with Crippen LogP contribution in [0.1, 0.15) is 13.8 Å². The van der Waals surface area contributed by atoms with Crippen molar-refractivity contribution in [1.82, 2.24) is 15.1 Å². The van der Waals surface area contributed by atoms with Gasteiger partial charge in [-0.3, -0.25) is 14.5 Å². The van der Waals surface area contributed by atoms with E-state index in [-0.39, 0.29) is 11.8 Å². The SMILES string of the molecule is CC(=O)NCN1CCN(C(C)=O)CC1. The van der Waals surface area contributed by atoms with E-state index < -0.39 is 0 Å². The van der Waals surface area contributed by atoms with Gasteiger partial charge in [-0.15, -0.1) is 0 Å². The van der Waals surface area contributed by atoms with Crippen molar-refractivity contribution in [3.8, 4) is 0 Å². The van der Waals surface area contributed by atoms with E-state index in [4.69, 9.17) is 0 Å². The molecule has 0 saturated carbocycles. The lowest BCUT2D eigenvalue weighted by molar-refractivity contribution is -0.131. The smallest absolute Gasteiger partial charge is 0.219 e. The molecule has 0 atom stereocenters. The van der Waals surface area contributed by atoms with Crippen LogP contribution in [0.25, 0.3) is 0 Å². The van der Waals surface area contributed by atoms with Crippen LogP contribution in [-0.4, -0.2) is 54.5 Å². The molecule has 2 amide bonds. The molecule has 1 aliphatic rings. The molecule has 0 radical (unpaired) electrons. The summed E-state index contributed by atoms with van der Waals surface area (Å²) in [7, 11) is 0. The van der Waals surface area contributed by atoms with Crippen molar-refractivity contribution in [3.63, 3.8) is 0 Å². The van der Waals surface area contributed by atoms with Crippen molar-refractivity contribution in [3.05, 3.63) is 0 Å². The zero-order valence-corrected chi connectivity index (χ0v) is 8.75. The minimum atomic E-state index is -0.0148. The monoisotopic (exact) mass is 199 g/mol. The zero-order chi connectivity index (χ0) is 10.6. The first-order valence-electron chi connectivity index (χ1n) is 4.82. The molecule has 0 aromatic carbocycles. The molecular weight excluding hydrogens is 182 g/mol. The molecule has 0 aliphatic carbocycles. The first-order chi connectivity index (χ1) is 6.59. The second-order valence-electron chi connectivity index (χ2n) is 3.52. The lowest BCUT2D eigenvalue weighted by atomic mass is 10.3. The fourth-order valence-corrected chi connectivity index (χ4v) is 1.44. The van der Waals surface area contributed by atoms with Crippen LogP contribution in [-0.2, 0) is 9.59 Å². The number of nitrogens with one attached hydrogen (secondary N) is 1. The summed E-state index contributed by atoms with van der Waals surface area (Å²) in [4.78, 5) is 25.6. The van der Waals surface area contributed by atoms with Gasteiger partial charge >= 0.3 is 0 Å². The van der Waals surface area contributed by atoms with Gasteiger partial charge in [0.15, 0.2) is 0 Å². The van der Waals surface area contributed by atoms with Crippen LogP contribution in [0.2, 0.25) is 0 Å². The molecule has 1 N–H and O–H groups in total. The van der Waals surface area contributed by atoms with Gasteiger partial charge in [0.2, 0.25) is 11.8 Å². The molecule has 5 heteroatoms. The fraction of sp³-hybridized carbons (Fsp3) is 0.778. The predicted octanol–water partition coefficient (Wildman–Crippen LogP) is -0.756. The number of carbonyl (C=O) groups excluding carboxylic acids is 2. The van der Waals surface area contributed by atoms with Gasteiger partial charge in [0.25, 0.3) is 0 Å². The van der Waals surface area contributed by atoms with Crippen LogP contribution in [0.15, 0.2) is 0 Å². The normalized spacial score (nSPS) is 18.0. The number of amides is 2. The molecule has 0 unspecified atom stereocenters. The summed E-state index contributed by atoms with van der Waals surface area (Å²) in [6.45, 7) is 6.86. The molecule has 0 spiro atoms. The Hall–Kier alpha value is -1.10. The number of carbonyl (C=O) groups is 2. The van der Waals surface area contributed by atoms with Crippen molar-refractivity contribution in [2.24, 2.45) is 0 Å². The van der Waals surface area contributed by atoms with E-state index in [0.29, 0.717) is 6.67 Å². The Morgan fingerprint density at radius 1 is 1.14 bits per heavy atom. The van der Waals surface area contributed by atoms with Gasteiger partial charge in [-0.2, -0.15) is 0 Å². The Bertz CT molecular complexity index is 222.